The second kappa shape index (κ2) is 7.95. The number of hydrogen-bond acceptors (Lipinski definition) is 3. The van der Waals surface area contributed by atoms with Gasteiger partial charge >= 0.3 is 6.18 Å². The number of anilines is 1. The Hall–Kier alpha value is -2.35. The third kappa shape index (κ3) is 4.55. The molecule has 0 spiro atoms. The minimum atomic E-state index is -4.57. The number of hydrogen-bond donors (Lipinski definition) is 1. The minimum Gasteiger partial charge on any atom is -0.332 e. The molecule has 28 heavy (non-hydrogen) atoms. The zero-order chi connectivity index (χ0) is 20.5. The van der Waals surface area contributed by atoms with Crippen LogP contribution in [0.3, 0.4) is 0 Å². The molecule has 0 aliphatic heterocycles. The lowest BCUT2D eigenvalue weighted by atomic mass is 9.90. The van der Waals surface area contributed by atoms with E-state index in [2.05, 4.69) is 12.2 Å². The average Bonchev–Trinajstić information content (AvgIpc) is 3.03. The van der Waals surface area contributed by atoms with Crippen molar-refractivity contribution in [3.63, 3.8) is 0 Å². The molecule has 150 valence electrons. The summed E-state index contributed by atoms with van der Waals surface area (Å²) in [5, 5.41) is 2.26. The highest BCUT2D eigenvalue weighted by Gasteiger charge is 2.33. The number of benzene rings is 1. The predicted molar refractivity (Wildman–Crippen MR) is 103 cm³/mol. The smallest absolute Gasteiger partial charge is 0.332 e. The third-order valence-corrected chi connectivity index (χ3v) is 6.00. The molecule has 1 aromatic carbocycles. The minimum absolute atomic E-state index is 0.300. The number of thiophene rings is 1. The van der Waals surface area contributed by atoms with Crippen LogP contribution in [0.2, 0.25) is 0 Å². The molecule has 3 rings (SSSR count). The molecule has 2 aromatic rings. The SMILES string of the molecule is CC1CCc2sc(C(=O)N(C)CC(=O)Nc3ccccc3C(F)(F)F)cc2C1. The summed E-state index contributed by atoms with van der Waals surface area (Å²) in [5.41, 5.74) is -0.0529. The van der Waals surface area contributed by atoms with Crippen molar-refractivity contribution in [1.29, 1.82) is 0 Å². The predicted octanol–water partition coefficient (Wildman–Crippen LogP) is 4.60. The van der Waals surface area contributed by atoms with Crippen molar-refractivity contribution in [2.75, 3.05) is 18.9 Å². The number of para-hydroxylation sites is 1. The number of nitrogens with zero attached hydrogens (tertiary/aromatic N) is 1. The lowest BCUT2D eigenvalue weighted by Crippen LogP contribution is -2.34. The molecule has 2 amide bonds. The molecule has 1 N–H and O–H groups in total. The van der Waals surface area contributed by atoms with Crippen molar-refractivity contribution in [2.24, 2.45) is 5.92 Å². The zero-order valence-electron chi connectivity index (χ0n) is 15.6. The van der Waals surface area contributed by atoms with E-state index in [4.69, 9.17) is 0 Å². The van der Waals surface area contributed by atoms with E-state index in [1.54, 1.807) is 0 Å². The highest BCUT2D eigenvalue weighted by Crippen LogP contribution is 2.35. The number of aryl methyl sites for hydroxylation is 1. The van der Waals surface area contributed by atoms with E-state index in [9.17, 15) is 22.8 Å². The molecule has 8 heteroatoms. The number of amides is 2. The lowest BCUT2D eigenvalue weighted by molar-refractivity contribution is -0.137. The van der Waals surface area contributed by atoms with E-state index in [0.29, 0.717) is 10.8 Å². The number of likely N-dealkylation sites (N-methyl/N-ethyl adjacent to an activating group) is 1. The molecule has 1 aromatic heterocycles. The Kier molecular flexibility index (Phi) is 5.79. The molecule has 0 radical (unpaired) electrons. The molecule has 1 unspecified atom stereocenters. The average molecular weight is 410 g/mol. The van der Waals surface area contributed by atoms with Crippen LogP contribution in [0.25, 0.3) is 0 Å². The van der Waals surface area contributed by atoms with Gasteiger partial charge in [0.2, 0.25) is 5.91 Å². The highest BCUT2D eigenvalue weighted by atomic mass is 32.1. The summed E-state index contributed by atoms with van der Waals surface area (Å²) in [6, 6.07) is 6.65. The monoisotopic (exact) mass is 410 g/mol. The summed E-state index contributed by atoms with van der Waals surface area (Å²) in [6.07, 6.45) is -1.58. The van der Waals surface area contributed by atoms with Crippen LogP contribution in [0.5, 0.6) is 0 Å². The maximum atomic E-state index is 13.0. The summed E-state index contributed by atoms with van der Waals surface area (Å²) in [5.74, 6) is -0.393. The van der Waals surface area contributed by atoms with Gasteiger partial charge in [-0.05, 0) is 48.9 Å². The van der Waals surface area contributed by atoms with Gasteiger partial charge < -0.3 is 10.2 Å². The van der Waals surface area contributed by atoms with Gasteiger partial charge in [-0.15, -0.1) is 11.3 Å². The van der Waals surface area contributed by atoms with Crippen LogP contribution in [0.4, 0.5) is 18.9 Å². The molecule has 0 bridgehead atoms. The summed E-state index contributed by atoms with van der Waals surface area (Å²) in [6.45, 7) is 1.85. The Bertz CT molecular complexity index is 892. The molecule has 0 saturated carbocycles. The largest absolute Gasteiger partial charge is 0.418 e. The van der Waals surface area contributed by atoms with Gasteiger partial charge in [0, 0.05) is 11.9 Å². The lowest BCUT2D eigenvalue weighted by Gasteiger charge is -2.17. The standard InChI is InChI=1S/C20H21F3N2O2S/c1-12-7-8-16-13(9-12)10-17(28-16)19(27)25(2)11-18(26)24-15-6-4-3-5-14(15)20(21,22)23/h3-6,10,12H,7-9,11H2,1-2H3,(H,24,26). The molecular weight excluding hydrogens is 389 g/mol. The summed E-state index contributed by atoms with van der Waals surface area (Å²) >= 11 is 1.44. The number of rotatable bonds is 4. The van der Waals surface area contributed by atoms with Crippen LogP contribution < -0.4 is 5.32 Å². The van der Waals surface area contributed by atoms with E-state index in [1.165, 1.54) is 51.9 Å². The first kappa shape index (κ1) is 20.4. The van der Waals surface area contributed by atoms with Crippen LogP contribution >= 0.6 is 11.3 Å². The quantitative estimate of drug-likeness (QED) is 0.801. The van der Waals surface area contributed by atoms with Gasteiger partial charge in [0.1, 0.15) is 0 Å². The van der Waals surface area contributed by atoms with E-state index >= 15 is 0 Å². The number of alkyl halides is 3. The van der Waals surface area contributed by atoms with Gasteiger partial charge in [-0.25, -0.2) is 0 Å². The van der Waals surface area contributed by atoms with Crippen LogP contribution in [-0.4, -0.2) is 30.3 Å². The first-order valence-electron chi connectivity index (χ1n) is 8.98. The van der Waals surface area contributed by atoms with Crippen LogP contribution in [0.15, 0.2) is 30.3 Å². The third-order valence-electron chi connectivity index (χ3n) is 4.77. The van der Waals surface area contributed by atoms with Gasteiger partial charge in [-0.1, -0.05) is 19.1 Å². The van der Waals surface area contributed by atoms with Gasteiger partial charge in [0.05, 0.1) is 22.7 Å². The maximum Gasteiger partial charge on any atom is 0.418 e. The fourth-order valence-electron chi connectivity index (χ4n) is 3.32. The molecule has 1 aliphatic rings. The summed E-state index contributed by atoms with van der Waals surface area (Å²) < 4.78 is 39.1. The van der Waals surface area contributed by atoms with Crippen molar-refractivity contribution >= 4 is 28.8 Å². The van der Waals surface area contributed by atoms with E-state index in [1.807, 2.05) is 6.07 Å². The van der Waals surface area contributed by atoms with Gasteiger partial charge in [0.25, 0.3) is 5.91 Å². The zero-order valence-corrected chi connectivity index (χ0v) is 16.4. The molecule has 1 aliphatic carbocycles. The van der Waals surface area contributed by atoms with Gasteiger partial charge in [-0.3, -0.25) is 9.59 Å². The second-order valence-corrected chi connectivity index (χ2v) is 8.30. The van der Waals surface area contributed by atoms with E-state index in [-0.39, 0.29) is 18.1 Å². The van der Waals surface area contributed by atoms with Crippen molar-refractivity contribution < 1.29 is 22.8 Å². The van der Waals surface area contributed by atoms with Crippen molar-refractivity contribution in [3.8, 4) is 0 Å². The van der Waals surface area contributed by atoms with Crippen molar-refractivity contribution in [2.45, 2.75) is 32.4 Å². The number of halogens is 3. The first-order chi connectivity index (χ1) is 13.1. The van der Waals surface area contributed by atoms with Crippen molar-refractivity contribution in [3.05, 3.63) is 51.2 Å². The van der Waals surface area contributed by atoms with Crippen LogP contribution in [0.1, 0.15) is 39.0 Å². The second-order valence-electron chi connectivity index (χ2n) is 7.16. The Labute approximate surface area is 165 Å². The number of nitrogens with one attached hydrogen (secondary N) is 1. The maximum absolute atomic E-state index is 13.0. The van der Waals surface area contributed by atoms with Crippen LogP contribution in [0, 0.1) is 5.92 Å². The molecule has 0 fully saturated rings. The topological polar surface area (TPSA) is 49.4 Å². The fraction of sp³-hybridized carbons (Fsp3) is 0.400. The number of carbonyl (C=O) groups excluding carboxylic acids is 2. The van der Waals surface area contributed by atoms with E-state index in [0.717, 1.165) is 25.3 Å². The number of fused-ring (bicyclic) bond motifs is 1. The van der Waals surface area contributed by atoms with Crippen molar-refractivity contribution in [1.82, 2.24) is 4.90 Å². The molecule has 1 atom stereocenters. The Balaban J connectivity index is 1.66. The summed E-state index contributed by atoms with van der Waals surface area (Å²) in [7, 11) is 1.47. The molecule has 0 saturated heterocycles. The Morgan fingerprint density at radius 1 is 1.29 bits per heavy atom. The molecular formula is C20H21F3N2O2S. The van der Waals surface area contributed by atoms with Gasteiger partial charge in [-0.2, -0.15) is 13.2 Å². The molecule has 4 nitrogen and oxygen atoms in total. The van der Waals surface area contributed by atoms with E-state index < -0.39 is 17.6 Å². The summed E-state index contributed by atoms with van der Waals surface area (Å²) in [4.78, 5) is 27.8. The van der Waals surface area contributed by atoms with Crippen LogP contribution in [-0.2, 0) is 23.8 Å². The van der Waals surface area contributed by atoms with Gasteiger partial charge in [0.15, 0.2) is 0 Å². The Morgan fingerprint density at radius 3 is 2.71 bits per heavy atom. The Morgan fingerprint density at radius 2 is 2.00 bits per heavy atom. The fourth-order valence-corrected chi connectivity index (χ4v) is 4.52. The number of carbonyl (C=O) groups is 2. The normalized spacial score (nSPS) is 16.4. The first-order valence-corrected chi connectivity index (χ1v) is 9.80. The molecule has 1 heterocycles. The highest BCUT2D eigenvalue weighted by molar-refractivity contribution is 7.14.